The van der Waals surface area contributed by atoms with Crippen molar-refractivity contribution in [1.29, 1.82) is 0 Å². The van der Waals surface area contributed by atoms with E-state index in [1.54, 1.807) is 0 Å². The predicted molar refractivity (Wildman–Crippen MR) is 35.2 cm³/mol. The number of carbonyl (C=O) groups excluding carboxylic acids is 2. The summed E-state index contributed by atoms with van der Waals surface area (Å²) in [5.41, 5.74) is -0.244. The standard InChI is InChI=1S/C6H5ClO2/c1-3-5(8)4(2)6(7)9/h3H,1-2H2. The van der Waals surface area contributed by atoms with Gasteiger partial charge in [0.15, 0.2) is 5.78 Å². The van der Waals surface area contributed by atoms with Crippen LogP contribution in [0.1, 0.15) is 0 Å². The van der Waals surface area contributed by atoms with E-state index in [9.17, 15) is 9.59 Å². The quantitative estimate of drug-likeness (QED) is 0.257. The molecule has 48 valence electrons. The Labute approximate surface area is 57.8 Å². The highest BCUT2D eigenvalue weighted by Crippen LogP contribution is 1.98. The molecule has 0 rings (SSSR count). The lowest BCUT2D eigenvalue weighted by atomic mass is 10.2. The van der Waals surface area contributed by atoms with Gasteiger partial charge in [0.25, 0.3) is 5.24 Å². The molecule has 0 atom stereocenters. The molecule has 0 aliphatic carbocycles. The van der Waals surface area contributed by atoms with E-state index in [0.29, 0.717) is 0 Å². The largest absolute Gasteiger partial charge is 0.289 e. The lowest BCUT2D eigenvalue weighted by molar-refractivity contribution is -0.115. The summed E-state index contributed by atoms with van der Waals surface area (Å²) in [6, 6.07) is 0. The first-order valence-electron chi connectivity index (χ1n) is 2.15. The SMILES string of the molecule is C=CC(=O)C(=C)C(=O)Cl. The minimum absolute atomic E-state index is 0.244. The van der Waals surface area contributed by atoms with Gasteiger partial charge in [-0.05, 0) is 17.7 Å². The van der Waals surface area contributed by atoms with Gasteiger partial charge in [0.2, 0.25) is 0 Å². The molecule has 0 aromatic heterocycles. The van der Waals surface area contributed by atoms with Crippen LogP contribution in [0.4, 0.5) is 0 Å². The fourth-order valence-corrected chi connectivity index (χ4v) is 0.313. The molecule has 0 aromatic rings. The van der Waals surface area contributed by atoms with Crippen molar-refractivity contribution in [2.75, 3.05) is 0 Å². The lowest BCUT2D eigenvalue weighted by Gasteiger charge is -1.88. The fraction of sp³-hybridized carbons (Fsp3) is 0. The summed E-state index contributed by atoms with van der Waals surface area (Å²) in [5, 5.41) is -0.833. The molecule has 0 bridgehead atoms. The summed E-state index contributed by atoms with van der Waals surface area (Å²) in [7, 11) is 0. The van der Waals surface area contributed by atoms with Gasteiger partial charge in [0.05, 0.1) is 5.57 Å². The van der Waals surface area contributed by atoms with Crippen LogP contribution in [-0.4, -0.2) is 11.0 Å². The average molecular weight is 145 g/mol. The third-order valence-electron chi connectivity index (χ3n) is 0.720. The second kappa shape index (κ2) is 3.20. The van der Waals surface area contributed by atoms with Gasteiger partial charge >= 0.3 is 0 Å². The molecule has 0 aromatic carbocycles. The van der Waals surface area contributed by atoms with Crippen LogP contribution in [-0.2, 0) is 9.59 Å². The molecular weight excluding hydrogens is 140 g/mol. The smallest absolute Gasteiger partial charge is 0.255 e. The number of hydrogen-bond acceptors (Lipinski definition) is 2. The zero-order valence-corrected chi connectivity index (χ0v) is 5.44. The highest BCUT2D eigenvalue weighted by molar-refractivity contribution is 6.70. The molecule has 2 nitrogen and oxygen atoms in total. The predicted octanol–water partition coefficient (Wildman–Crippen LogP) is 1.06. The maximum absolute atomic E-state index is 10.4. The Morgan fingerprint density at radius 2 is 1.89 bits per heavy atom. The fourth-order valence-electron chi connectivity index (χ4n) is 0.220. The Morgan fingerprint density at radius 3 is 2.00 bits per heavy atom. The average Bonchev–Trinajstić information content (AvgIpc) is 1.84. The normalized spacial score (nSPS) is 8.11. The Bertz CT molecular complexity index is 181. The van der Waals surface area contributed by atoms with Gasteiger partial charge < -0.3 is 0 Å². The molecule has 0 aliphatic heterocycles. The van der Waals surface area contributed by atoms with Crippen LogP contribution >= 0.6 is 11.6 Å². The van der Waals surface area contributed by atoms with Crippen molar-refractivity contribution in [2.45, 2.75) is 0 Å². The van der Waals surface area contributed by atoms with Crippen molar-refractivity contribution < 1.29 is 9.59 Å². The second-order valence-electron chi connectivity index (χ2n) is 1.32. The minimum Gasteiger partial charge on any atom is -0.289 e. The lowest BCUT2D eigenvalue weighted by Crippen LogP contribution is -2.02. The van der Waals surface area contributed by atoms with E-state index in [0.717, 1.165) is 6.08 Å². The van der Waals surface area contributed by atoms with E-state index in [4.69, 9.17) is 11.6 Å². The van der Waals surface area contributed by atoms with E-state index in [1.165, 1.54) is 0 Å². The summed E-state index contributed by atoms with van der Waals surface area (Å²) in [4.78, 5) is 20.6. The maximum Gasteiger partial charge on any atom is 0.255 e. The molecular formula is C6H5ClO2. The van der Waals surface area contributed by atoms with E-state index in [-0.39, 0.29) is 5.57 Å². The summed E-state index contributed by atoms with van der Waals surface area (Å²) in [6.45, 7) is 6.27. The van der Waals surface area contributed by atoms with Gasteiger partial charge in [-0.15, -0.1) is 0 Å². The molecule has 0 fully saturated rings. The molecule has 0 unspecified atom stereocenters. The van der Waals surface area contributed by atoms with Crippen molar-refractivity contribution in [1.82, 2.24) is 0 Å². The summed E-state index contributed by atoms with van der Waals surface area (Å²) in [6.07, 6.45) is 0.989. The zero-order valence-electron chi connectivity index (χ0n) is 4.69. The highest BCUT2D eigenvalue weighted by Gasteiger charge is 2.08. The molecule has 0 amide bonds. The van der Waals surface area contributed by atoms with Crippen LogP contribution in [0.3, 0.4) is 0 Å². The molecule has 0 heterocycles. The van der Waals surface area contributed by atoms with Gasteiger partial charge in [0, 0.05) is 0 Å². The number of carbonyl (C=O) groups is 2. The van der Waals surface area contributed by atoms with Crippen LogP contribution in [0, 0.1) is 0 Å². The van der Waals surface area contributed by atoms with Gasteiger partial charge in [-0.3, -0.25) is 9.59 Å². The number of hydrogen-bond donors (Lipinski definition) is 0. The van der Waals surface area contributed by atoms with Crippen LogP contribution in [0.5, 0.6) is 0 Å². The first kappa shape index (κ1) is 8.11. The van der Waals surface area contributed by atoms with Gasteiger partial charge in [0.1, 0.15) is 0 Å². The molecule has 0 radical (unpaired) electrons. The van der Waals surface area contributed by atoms with Crippen molar-refractivity contribution in [3.63, 3.8) is 0 Å². The van der Waals surface area contributed by atoms with Crippen LogP contribution in [0.25, 0.3) is 0 Å². The molecule has 3 heteroatoms. The minimum atomic E-state index is -0.833. The Hall–Kier alpha value is -0.890. The number of allylic oxidation sites excluding steroid dienone is 2. The van der Waals surface area contributed by atoms with E-state index >= 15 is 0 Å². The van der Waals surface area contributed by atoms with Crippen molar-refractivity contribution in [2.24, 2.45) is 0 Å². The number of halogens is 1. The number of rotatable bonds is 3. The molecule has 9 heavy (non-hydrogen) atoms. The third kappa shape index (κ3) is 2.24. The van der Waals surface area contributed by atoms with E-state index in [1.807, 2.05) is 0 Å². The zero-order chi connectivity index (χ0) is 7.44. The van der Waals surface area contributed by atoms with Crippen molar-refractivity contribution >= 4 is 22.6 Å². The highest BCUT2D eigenvalue weighted by atomic mass is 35.5. The monoisotopic (exact) mass is 144 g/mol. The molecule has 0 saturated carbocycles. The Balaban J connectivity index is 4.22. The van der Waals surface area contributed by atoms with Crippen molar-refractivity contribution in [3.8, 4) is 0 Å². The van der Waals surface area contributed by atoms with E-state index < -0.39 is 11.0 Å². The first-order valence-corrected chi connectivity index (χ1v) is 2.53. The molecule has 0 aliphatic rings. The summed E-state index contributed by atoms with van der Waals surface area (Å²) < 4.78 is 0. The van der Waals surface area contributed by atoms with Crippen LogP contribution < -0.4 is 0 Å². The summed E-state index contributed by atoms with van der Waals surface area (Å²) >= 11 is 4.89. The molecule has 0 N–H and O–H groups in total. The first-order chi connectivity index (χ1) is 4.09. The van der Waals surface area contributed by atoms with Gasteiger partial charge in [-0.2, -0.15) is 0 Å². The summed E-state index contributed by atoms with van der Waals surface area (Å²) in [5.74, 6) is -0.532. The maximum atomic E-state index is 10.4. The van der Waals surface area contributed by atoms with Gasteiger partial charge in [-0.25, -0.2) is 0 Å². The van der Waals surface area contributed by atoms with Crippen LogP contribution in [0.2, 0.25) is 0 Å². The molecule has 0 saturated heterocycles. The number of ketones is 1. The van der Waals surface area contributed by atoms with Gasteiger partial charge in [-0.1, -0.05) is 13.2 Å². The van der Waals surface area contributed by atoms with Crippen molar-refractivity contribution in [3.05, 3.63) is 24.8 Å². The second-order valence-corrected chi connectivity index (χ2v) is 1.66. The Kier molecular flexibility index (Phi) is 2.88. The molecule has 0 spiro atoms. The Morgan fingerprint density at radius 1 is 1.44 bits per heavy atom. The van der Waals surface area contributed by atoms with Crippen LogP contribution in [0.15, 0.2) is 24.8 Å². The van der Waals surface area contributed by atoms with E-state index in [2.05, 4.69) is 13.2 Å². The third-order valence-corrected chi connectivity index (χ3v) is 0.948. The topological polar surface area (TPSA) is 34.1 Å².